The fourth-order valence-corrected chi connectivity index (χ4v) is 4.27. The monoisotopic (exact) mass is 448 g/mol. The summed E-state index contributed by atoms with van der Waals surface area (Å²) < 4.78 is 0.983. The molecule has 1 amide bonds. The molecular weight excluding hydrogens is 432 g/mol. The highest BCUT2D eigenvalue weighted by atomic mass is 79.9. The molecule has 138 valence electrons. The van der Waals surface area contributed by atoms with Gasteiger partial charge in [-0.15, -0.1) is 0 Å². The van der Waals surface area contributed by atoms with Crippen LogP contribution in [-0.2, 0) is 11.3 Å². The molecule has 0 radical (unpaired) electrons. The number of rotatable bonds is 4. The minimum Gasteiger partial charge on any atom is -0.282 e. The summed E-state index contributed by atoms with van der Waals surface area (Å²) in [4.78, 5) is 20.3. The second-order valence-electron chi connectivity index (χ2n) is 6.27. The predicted molar refractivity (Wildman–Crippen MR) is 120 cm³/mol. The van der Waals surface area contributed by atoms with Gasteiger partial charge in [-0.3, -0.25) is 9.69 Å². The first-order chi connectivity index (χ1) is 13.7. The van der Waals surface area contributed by atoms with E-state index >= 15 is 0 Å². The van der Waals surface area contributed by atoms with Crippen molar-refractivity contribution in [2.24, 2.45) is 4.99 Å². The topological polar surface area (TPSA) is 32.7 Å². The summed E-state index contributed by atoms with van der Waals surface area (Å²) >= 11 is 4.90. The summed E-state index contributed by atoms with van der Waals surface area (Å²) in [7, 11) is 0. The third-order valence-electron chi connectivity index (χ3n) is 4.20. The van der Waals surface area contributed by atoms with E-state index in [1.165, 1.54) is 11.8 Å². The zero-order valence-electron chi connectivity index (χ0n) is 15.0. The molecule has 3 aromatic carbocycles. The maximum atomic E-state index is 13.1. The lowest BCUT2D eigenvalue weighted by molar-refractivity contribution is -0.122. The number of thioether (sulfide) groups is 1. The quantitative estimate of drug-likeness (QED) is 0.441. The summed E-state index contributed by atoms with van der Waals surface area (Å²) in [6, 6.07) is 27.6. The van der Waals surface area contributed by atoms with Crippen LogP contribution in [0.4, 0.5) is 5.69 Å². The Morgan fingerprint density at radius 3 is 2.36 bits per heavy atom. The van der Waals surface area contributed by atoms with Crippen LogP contribution in [-0.4, -0.2) is 16.0 Å². The molecule has 4 rings (SSSR count). The Labute approximate surface area is 176 Å². The van der Waals surface area contributed by atoms with Crippen LogP contribution in [0.3, 0.4) is 0 Å². The maximum absolute atomic E-state index is 13.1. The number of halogens is 1. The van der Waals surface area contributed by atoms with Gasteiger partial charge in [0.2, 0.25) is 0 Å². The SMILES string of the molecule is O=C1/C(=C\c2cccc(Br)c2)SC(=Nc2ccccc2)N1Cc1ccccc1. The Hall–Kier alpha value is -2.63. The third-order valence-corrected chi connectivity index (χ3v) is 5.70. The van der Waals surface area contributed by atoms with Gasteiger partial charge in [0.15, 0.2) is 5.17 Å². The number of carbonyl (C=O) groups is 1. The molecule has 3 aromatic rings. The Kier molecular flexibility index (Phi) is 5.74. The van der Waals surface area contributed by atoms with Crippen LogP contribution in [0.25, 0.3) is 6.08 Å². The number of benzene rings is 3. The second kappa shape index (κ2) is 8.59. The van der Waals surface area contributed by atoms with E-state index in [-0.39, 0.29) is 5.91 Å². The van der Waals surface area contributed by atoms with Crippen molar-refractivity contribution in [1.82, 2.24) is 4.90 Å². The molecular formula is C23H17BrN2OS. The smallest absolute Gasteiger partial charge is 0.267 e. The van der Waals surface area contributed by atoms with Gasteiger partial charge >= 0.3 is 0 Å². The highest BCUT2D eigenvalue weighted by Gasteiger charge is 2.33. The Morgan fingerprint density at radius 1 is 0.929 bits per heavy atom. The molecule has 1 aliphatic heterocycles. The first kappa shape index (κ1) is 18.7. The molecule has 1 heterocycles. The van der Waals surface area contributed by atoms with Crippen LogP contribution in [0.2, 0.25) is 0 Å². The molecule has 1 saturated heterocycles. The third kappa shape index (κ3) is 4.43. The van der Waals surface area contributed by atoms with Crippen LogP contribution in [0.5, 0.6) is 0 Å². The van der Waals surface area contributed by atoms with Gasteiger partial charge in [0.05, 0.1) is 17.1 Å². The maximum Gasteiger partial charge on any atom is 0.267 e. The van der Waals surface area contributed by atoms with E-state index in [1.54, 1.807) is 4.90 Å². The first-order valence-corrected chi connectivity index (χ1v) is 10.4. The van der Waals surface area contributed by atoms with Gasteiger partial charge in [-0.25, -0.2) is 4.99 Å². The zero-order valence-corrected chi connectivity index (χ0v) is 17.4. The molecule has 0 atom stereocenters. The number of carbonyl (C=O) groups excluding carboxylic acids is 1. The van der Waals surface area contributed by atoms with Crippen molar-refractivity contribution in [3.05, 3.63) is 105 Å². The molecule has 0 N–H and O–H groups in total. The van der Waals surface area contributed by atoms with Gasteiger partial charge in [-0.05, 0) is 53.2 Å². The van der Waals surface area contributed by atoms with Crippen molar-refractivity contribution in [2.45, 2.75) is 6.54 Å². The van der Waals surface area contributed by atoms with E-state index in [0.29, 0.717) is 16.6 Å². The zero-order chi connectivity index (χ0) is 19.3. The molecule has 1 aliphatic rings. The number of aliphatic imine (C=N–C) groups is 1. The van der Waals surface area contributed by atoms with Crippen LogP contribution in [0, 0.1) is 0 Å². The predicted octanol–water partition coefficient (Wildman–Crippen LogP) is 6.25. The number of amidine groups is 1. The summed E-state index contributed by atoms with van der Waals surface area (Å²) in [5, 5.41) is 0.696. The number of para-hydroxylation sites is 1. The van der Waals surface area contributed by atoms with Gasteiger partial charge in [0.1, 0.15) is 0 Å². The summed E-state index contributed by atoms with van der Waals surface area (Å²) in [6.07, 6.45) is 1.92. The average Bonchev–Trinajstić information content (AvgIpc) is 2.98. The Balaban J connectivity index is 1.70. The van der Waals surface area contributed by atoms with Crippen molar-refractivity contribution >= 4 is 50.5 Å². The van der Waals surface area contributed by atoms with Crippen LogP contribution in [0.15, 0.2) is 99.3 Å². The first-order valence-electron chi connectivity index (χ1n) is 8.84. The lowest BCUT2D eigenvalue weighted by Gasteiger charge is -2.15. The van der Waals surface area contributed by atoms with E-state index in [2.05, 4.69) is 15.9 Å². The minimum absolute atomic E-state index is 0.0245. The molecule has 0 aliphatic carbocycles. The molecule has 5 heteroatoms. The van der Waals surface area contributed by atoms with E-state index in [1.807, 2.05) is 91.0 Å². The van der Waals surface area contributed by atoms with E-state index in [4.69, 9.17) is 4.99 Å². The van der Waals surface area contributed by atoms with Gasteiger partial charge in [0.25, 0.3) is 5.91 Å². The van der Waals surface area contributed by atoms with Crippen LogP contribution < -0.4 is 0 Å². The molecule has 0 bridgehead atoms. The molecule has 3 nitrogen and oxygen atoms in total. The molecule has 28 heavy (non-hydrogen) atoms. The van der Waals surface area contributed by atoms with E-state index in [9.17, 15) is 4.79 Å². The fourth-order valence-electron chi connectivity index (χ4n) is 2.86. The van der Waals surface area contributed by atoms with E-state index < -0.39 is 0 Å². The van der Waals surface area contributed by atoms with Crippen molar-refractivity contribution in [3.63, 3.8) is 0 Å². The van der Waals surface area contributed by atoms with Crippen molar-refractivity contribution in [2.75, 3.05) is 0 Å². The molecule has 0 saturated carbocycles. The number of amides is 1. The van der Waals surface area contributed by atoms with Crippen LogP contribution >= 0.6 is 27.7 Å². The lowest BCUT2D eigenvalue weighted by Crippen LogP contribution is -2.28. The average molecular weight is 449 g/mol. The standard InChI is InChI=1S/C23H17BrN2OS/c24-19-11-7-10-18(14-19)15-21-22(27)26(16-17-8-3-1-4-9-17)23(28-21)25-20-12-5-2-6-13-20/h1-15H,16H2/b21-15+,25-23?. The lowest BCUT2D eigenvalue weighted by atomic mass is 10.2. The number of nitrogens with zero attached hydrogens (tertiary/aromatic N) is 2. The molecule has 0 aromatic heterocycles. The van der Waals surface area contributed by atoms with Gasteiger partial charge in [0, 0.05) is 4.47 Å². The van der Waals surface area contributed by atoms with Crippen molar-refractivity contribution in [1.29, 1.82) is 0 Å². The van der Waals surface area contributed by atoms with Gasteiger partial charge in [-0.1, -0.05) is 76.6 Å². The minimum atomic E-state index is -0.0245. The van der Waals surface area contributed by atoms with Crippen molar-refractivity contribution in [3.8, 4) is 0 Å². The molecule has 1 fully saturated rings. The normalized spacial score (nSPS) is 16.9. The Bertz CT molecular complexity index is 1050. The summed E-state index contributed by atoms with van der Waals surface area (Å²) in [6.45, 7) is 0.494. The highest BCUT2D eigenvalue weighted by Crippen LogP contribution is 2.35. The summed E-state index contributed by atoms with van der Waals surface area (Å²) in [5.41, 5.74) is 2.88. The number of hydrogen-bond acceptors (Lipinski definition) is 3. The summed E-state index contributed by atoms with van der Waals surface area (Å²) in [5.74, 6) is -0.0245. The molecule has 0 spiro atoms. The Morgan fingerprint density at radius 2 is 1.64 bits per heavy atom. The van der Waals surface area contributed by atoms with Crippen molar-refractivity contribution < 1.29 is 4.79 Å². The highest BCUT2D eigenvalue weighted by molar-refractivity contribution is 9.10. The second-order valence-corrected chi connectivity index (χ2v) is 8.20. The van der Waals surface area contributed by atoms with Crippen LogP contribution in [0.1, 0.15) is 11.1 Å². The van der Waals surface area contributed by atoms with Gasteiger partial charge < -0.3 is 0 Å². The molecule has 0 unspecified atom stereocenters. The fraction of sp³-hybridized carbons (Fsp3) is 0.0435. The largest absolute Gasteiger partial charge is 0.282 e. The van der Waals surface area contributed by atoms with Gasteiger partial charge in [-0.2, -0.15) is 0 Å². The number of hydrogen-bond donors (Lipinski definition) is 0. The van der Waals surface area contributed by atoms with E-state index in [0.717, 1.165) is 21.3 Å².